The number of para-hydroxylation sites is 1. The zero-order chi connectivity index (χ0) is 17.3. The van der Waals surface area contributed by atoms with Crippen LogP contribution in [0.1, 0.15) is 34.7 Å². The molecule has 2 aliphatic heterocycles. The summed E-state index contributed by atoms with van der Waals surface area (Å²) in [5.41, 5.74) is 6.07. The predicted molar refractivity (Wildman–Crippen MR) is 103 cm³/mol. The number of fused-ring (bicyclic) bond motifs is 4. The number of rotatable bonds is 1. The van der Waals surface area contributed by atoms with Gasteiger partial charge in [0.2, 0.25) is 0 Å². The molecule has 0 saturated carbocycles. The molecule has 1 unspecified atom stereocenters. The Morgan fingerprint density at radius 1 is 0.808 bits per heavy atom. The van der Waals surface area contributed by atoms with E-state index in [9.17, 15) is 0 Å². The lowest BCUT2D eigenvalue weighted by molar-refractivity contribution is 0.221. The SMILES string of the molecule is c1ccc(C2=NN3Cc4ccccc4COc4ccccc4C3C2)cc1. The summed E-state index contributed by atoms with van der Waals surface area (Å²) in [6, 6.07) is 27.6. The van der Waals surface area contributed by atoms with Crippen LogP contribution in [0.4, 0.5) is 0 Å². The molecule has 3 aromatic rings. The number of nitrogens with zero attached hydrogens (tertiary/aromatic N) is 2. The average molecular weight is 340 g/mol. The van der Waals surface area contributed by atoms with Crippen LogP contribution in [0.5, 0.6) is 5.75 Å². The van der Waals surface area contributed by atoms with Crippen molar-refractivity contribution >= 4 is 5.71 Å². The zero-order valence-electron chi connectivity index (χ0n) is 14.5. The molecule has 26 heavy (non-hydrogen) atoms. The lowest BCUT2D eigenvalue weighted by Gasteiger charge is -2.24. The largest absolute Gasteiger partial charge is 0.489 e. The van der Waals surface area contributed by atoms with Gasteiger partial charge in [-0.3, -0.25) is 5.01 Å². The molecule has 1 atom stereocenters. The van der Waals surface area contributed by atoms with Gasteiger partial charge >= 0.3 is 0 Å². The molecular formula is C23H20N2O. The van der Waals surface area contributed by atoms with Gasteiger partial charge in [-0.15, -0.1) is 0 Å². The Bertz CT molecular complexity index is 965. The lowest BCUT2D eigenvalue weighted by atomic mass is 9.97. The van der Waals surface area contributed by atoms with Gasteiger partial charge in [-0.05, 0) is 22.8 Å². The molecule has 128 valence electrons. The minimum absolute atomic E-state index is 0.201. The summed E-state index contributed by atoms with van der Waals surface area (Å²) >= 11 is 0. The van der Waals surface area contributed by atoms with Crippen molar-refractivity contribution in [2.45, 2.75) is 25.6 Å². The first-order chi connectivity index (χ1) is 12.9. The van der Waals surface area contributed by atoms with E-state index in [0.717, 1.165) is 24.4 Å². The maximum absolute atomic E-state index is 6.21. The van der Waals surface area contributed by atoms with E-state index in [0.29, 0.717) is 6.61 Å². The molecule has 2 heterocycles. The molecule has 0 aromatic heterocycles. The molecule has 0 bridgehead atoms. The fraction of sp³-hybridized carbons (Fsp3) is 0.174. The van der Waals surface area contributed by atoms with Gasteiger partial charge in [0.15, 0.2) is 0 Å². The van der Waals surface area contributed by atoms with E-state index in [2.05, 4.69) is 71.7 Å². The van der Waals surface area contributed by atoms with Gasteiger partial charge in [-0.2, -0.15) is 5.10 Å². The maximum atomic E-state index is 6.21. The van der Waals surface area contributed by atoms with E-state index in [1.165, 1.54) is 22.3 Å². The van der Waals surface area contributed by atoms with E-state index in [1.54, 1.807) is 0 Å². The Labute approximate surface area is 153 Å². The van der Waals surface area contributed by atoms with Crippen LogP contribution < -0.4 is 4.74 Å². The fourth-order valence-corrected chi connectivity index (χ4v) is 3.85. The molecule has 5 rings (SSSR count). The number of benzene rings is 3. The van der Waals surface area contributed by atoms with Crippen LogP contribution in [-0.2, 0) is 13.2 Å². The van der Waals surface area contributed by atoms with Gasteiger partial charge in [0.1, 0.15) is 12.4 Å². The monoisotopic (exact) mass is 340 g/mol. The molecule has 0 N–H and O–H groups in total. The summed E-state index contributed by atoms with van der Waals surface area (Å²) in [5, 5.41) is 7.25. The van der Waals surface area contributed by atoms with Crippen LogP contribution in [0, 0.1) is 0 Å². The summed E-state index contributed by atoms with van der Waals surface area (Å²) in [6.07, 6.45) is 0.895. The zero-order valence-corrected chi connectivity index (χ0v) is 14.5. The number of ether oxygens (including phenoxy) is 1. The summed E-state index contributed by atoms with van der Waals surface area (Å²) in [7, 11) is 0. The molecular weight excluding hydrogens is 320 g/mol. The van der Waals surface area contributed by atoms with Gasteiger partial charge in [-0.25, -0.2) is 0 Å². The van der Waals surface area contributed by atoms with Crippen LogP contribution in [-0.4, -0.2) is 10.7 Å². The number of hydrogen-bond acceptors (Lipinski definition) is 3. The van der Waals surface area contributed by atoms with Crippen molar-refractivity contribution in [1.29, 1.82) is 0 Å². The van der Waals surface area contributed by atoms with Gasteiger partial charge < -0.3 is 4.74 Å². The Kier molecular flexibility index (Phi) is 3.71. The third kappa shape index (κ3) is 2.66. The minimum Gasteiger partial charge on any atom is -0.489 e. The Hall–Kier alpha value is -3.07. The van der Waals surface area contributed by atoms with E-state index in [-0.39, 0.29) is 6.04 Å². The Morgan fingerprint density at radius 3 is 2.42 bits per heavy atom. The van der Waals surface area contributed by atoms with Crippen molar-refractivity contribution in [1.82, 2.24) is 5.01 Å². The van der Waals surface area contributed by atoms with Gasteiger partial charge in [0, 0.05) is 12.0 Å². The second-order valence-corrected chi connectivity index (χ2v) is 6.83. The van der Waals surface area contributed by atoms with Crippen LogP contribution in [0.25, 0.3) is 0 Å². The van der Waals surface area contributed by atoms with E-state index in [4.69, 9.17) is 9.84 Å². The van der Waals surface area contributed by atoms with Gasteiger partial charge in [0.05, 0.1) is 18.3 Å². The molecule has 3 nitrogen and oxygen atoms in total. The van der Waals surface area contributed by atoms with Crippen LogP contribution >= 0.6 is 0 Å². The molecule has 0 saturated heterocycles. The van der Waals surface area contributed by atoms with Crippen molar-refractivity contribution in [3.05, 3.63) is 101 Å². The highest BCUT2D eigenvalue weighted by molar-refractivity contribution is 6.01. The Morgan fingerprint density at radius 2 is 1.54 bits per heavy atom. The van der Waals surface area contributed by atoms with E-state index >= 15 is 0 Å². The van der Waals surface area contributed by atoms with E-state index in [1.807, 2.05) is 12.1 Å². The third-order valence-corrected chi connectivity index (χ3v) is 5.21. The van der Waals surface area contributed by atoms with E-state index < -0.39 is 0 Å². The molecule has 0 radical (unpaired) electrons. The first kappa shape index (κ1) is 15.2. The average Bonchev–Trinajstić information content (AvgIpc) is 3.13. The highest BCUT2D eigenvalue weighted by atomic mass is 16.5. The van der Waals surface area contributed by atoms with Crippen LogP contribution in [0.15, 0.2) is 84.0 Å². The molecule has 3 aromatic carbocycles. The highest BCUT2D eigenvalue weighted by Crippen LogP contribution is 2.39. The molecule has 0 amide bonds. The molecule has 0 spiro atoms. The van der Waals surface area contributed by atoms with Crippen molar-refractivity contribution in [2.24, 2.45) is 5.10 Å². The molecule has 0 fully saturated rings. The summed E-state index contributed by atoms with van der Waals surface area (Å²) < 4.78 is 6.21. The van der Waals surface area contributed by atoms with Crippen molar-refractivity contribution < 1.29 is 4.74 Å². The standard InChI is InChI=1S/C23H20N2O/c1-2-8-17(9-3-1)21-14-22-20-12-6-7-13-23(20)26-16-19-11-5-4-10-18(19)15-25(22)24-21/h1-13,22H,14-16H2. The minimum atomic E-state index is 0.201. The fourth-order valence-electron chi connectivity index (χ4n) is 3.85. The summed E-state index contributed by atoms with van der Waals surface area (Å²) in [4.78, 5) is 0. The van der Waals surface area contributed by atoms with Crippen LogP contribution in [0.2, 0.25) is 0 Å². The van der Waals surface area contributed by atoms with Crippen LogP contribution in [0.3, 0.4) is 0 Å². The molecule has 2 aliphatic rings. The topological polar surface area (TPSA) is 24.8 Å². The summed E-state index contributed by atoms with van der Waals surface area (Å²) in [6.45, 7) is 1.40. The van der Waals surface area contributed by atoms with Crippen molar-refractivity contribution in [3.63, 3.8) is 0 Å². The molecule has 0 aliphatic carbocycles. The van der Waals surface area contributed by atoms with Gasteiger partial charge in [0.25, 0.3) is 0 Å². The van der Waals surface area contributed by atoms with Crippen molar-refractivity contribution in [2.75, 3.05) is 0 Å². The maximum Gasteiger partial charge on any atom is 0.125 e. The van der Waals surface area contributed by atoms with Gasteiger partial charge in [-0.1, -0.05) is 72.8 Å². The quantitative estimate of drug-likeness (QED) is 0.627. The highest BCUT2D eigenvalue weighted by Gasteiger charge is 2.32. The normalized spacial score (nSPS) is 18.4. The Balaban J connectivity index is 1.61. The first-order valence-electron chi connectivity index (χ1n) is 9.06. The smallest absolute Gasteiger partial charge is 0.125 e. The lowest BCUT2D eigenvalue weighted by Crippen LogP contribution is -2.19. The number of hydrogen-bond donors (Lipinski definition) is 0. The van der Waals surface area contributed by atoms with Crippen molar-refractivity contribution in [3.8, 4) is 5.75 Å². The number of hydrazone groups is 1. The predicted octanol–water partition coefficient (Wildman–Crippen LogP) is 4.93. The molecule has 3 heteroatoms. The first-order valence-corrected chi connectivity index (χ1v) is 9.06. The summed E-state index contributed by atoms with van der Waals surface area (Å²) in [5.74, 6) is 0.962. The third-order valence-electron chi connectivity index (χ3n) is 5.21. The second kappa shape index (κ2) is 6.34. The second-order valence-electron chi connectivity index (χ2n) is 6.83.